The van der Waals surface area contributed by atoms with E-state index in [-0.39, 0.29) is 12.0 Å². The van der Waals surface area contributed by atoms with Crippen LogP contribution < -0.4 is 0 Å². The number of benzene rings is 3. The quantitative estimate of drug-likeness (QED) is 0.370. The Bertz CT molecular complexity index is 1270. The summed E-state index contributed by atoms with van der Waals surface area (Å²) in [6.45, 7) is 3.83. The monoisotopic (exact) mass is 492 g/mol. The summed E-state index contributed by atoms with van der Waals surface area (Å²) in [4.78, 5) is 14.0. The molecule has 3 aromatic carbocycles. The maximum atomic E-state index is 15.4. The van der Waals surface area contributed by atoms with Crippen molar-refractivity contribution in [3.63, 3.8) is 0 Å². The van der Waals surface area contributed by atoms with Crippen LogP contribution in [0.3, 0.4) is 0 Å². The summed E-state index contributed by atoms with van der Waals surface area (Å²) in [5, 5.41) is 9.41. The molecule has 186 valence electrons. The van der Waals surface area contributed by atoms with Crippen molar-refractivity contribution in [1.82, 2.24) is 4.90 Å². The molecule has 0 amide bonds. The van der Waals surface area contributed by atoms with Crippen LogP contribution in [0.2, 0.25) is 0 Å². The minimum absolute atomic E-state index is 0.179. The molecule has 0 N–H and O–H groups in total. The van der Waals surface area contributed by atoms with Crippen LogP contribution in [0, 0.1) is 28.9 Å². The molecule has 0 aromatic heterocycles. The molecule has 1 aliphatic heterocycles. The molecule has 1 heterocycles. The Balaban J connectivity index is 1.66. The molecular formula is C29H27F3N2O2. The maximum Gasteiger partial charge on any atom is 0.337 e. The first kappa shape index (κ1) is 25.5. The number of ether oxygens (including phenoxy) is 1. The summed E-state index contributed by atoms with van der Waals surface area (Å²) in [5.41, 5.74) is 1.30. The summed E-state index contributed by atoms with van der Waals surface area (Å²) < 4.78 is 48.1. The van der Waals surface area contributed by atoms with Gasteiger partial charge in [0, 0.05) is 25.1 Å². The second-order valence-electron chi connectivity index (χ2n) is 9.71. The average Bonchev–Trinajstić information content (AvgIpc) is 2.81. The molecule has 1 aliphatic rings. The predicted molar refractivity (Wildman–Crippen MR) is 130 cm³/mol. The van der Waals surface area contributed by atoms with Crippen LogP contribution >= 0.6 is 0 Å². The number of halogens is 3. The van der Waals surface area contributed by atoms with Crippen molar-refractivity contribution in [1.29, 1.82) is 5.26 Å². The lowest BCUT2D eigenvalue weighted by Gasteiger charge is -2.50. The highest BCUT2D eigenvalue weighted by atomic mass is 19.1. The zero-order valence-corrected chi connectivity index (χ0v) is 20.3. The summed E-state index contributed by atoms with van der Waals surface area (Å²) in [5.74, 6) is -2.78. The van der Waals surface area contributed by atoms with Gasteiger partial charge < -0.3 is 4.74 Å². The normalized spacial score (nSPS) is 16.0. The molecule has 0 bridgehead atoms. The second-order valence-corrected chi connectivity index (χ2v) is 9.71. The van der Waals surface area contributed by atoms with Crippen LogP contribution in [0.15, 0.2) is 66.7 Å². The van der Waals surface area contributed by atoms with Gasteiger partial charge in [-0.3, -0.25) is 4.90 Å². The van der Waals surface area contributed by atoms with Crippen LogP contribution in [0.25, 0.3) is 0 Å². The summed E-state index contributed by atoms with van der Waals surface area (Å²) in [6, 6.07) is 19.4. The number of carbonyl (C=O) groups excluding carboxylic acids is 1. The van der Waals surface area contributed by atoms with Crippen molar-refractivity contribution in [2.24, 2.45) is 5.92 Å². The molecular weight excluding hydrogens is 465 g/mol. The Morgan fingerprint density at radius 2 is 1.64 bits per heavy atom. The molecule has 2 atom stereocenters. The van der Waals surface area contributed by atoms with E-state index >= 15 is 4.39 Å². The van der Waals surface area contributed by atoms with Crippen LogP contribution in [0.5, 0.6) is 0 Å². The Hall–Kier alpha value is -3.63. The third kappa shape index (κ3) is 5.29. The van der Waals surface area contributed by atoms with Gasteiger partial charge in [-0.1, -0.05) is 24.3 Å². The zero-order chi connectivity index (χ0) is 26.0. The fourth-order valence-electron chi connectivity index (χ4n) is 5.27. The van der Waals surface area contributed by atoms with Gasteiger partial charge in [-0.2, -0.15) is 5.26 Å². The van der Waals surface area contributed by atoms with Gasteiger partial charge in [-0.25, -0.2) is 18.0 Å². The van der Waals surface area contributed by atoms with Crippen molar-refractivity contribution in [2.45, 2.75) is 31.5 Å². The summed E-state index contributed by atoms with van der Waals surface area (Å²) >= 11 is 0. The van der Waals surface area contributed by atoms with Crippen LogP contribution in [0.1, 0.15) is 58.4 Å². The minimum Gasteiger partial charge on any atom is -0.465 e. The Morgan fingerprint density at radius 3 is 2.19 bits per heavy atom. The lowest BCUT2D eigenvalue weighted by molar-refractivity contribution is 0.00804. The van der Waals surface area contributed by atoms with Crippen molar-refractivity contribution in [3.8, 4) is 6.07 Å². The Morgan fingerprint density at radius 1 is 1.00 bits per heavy atom. The molecule has 1 saturated heterocycles. The Labute approximate surface area is 208 Å². The van der Waals surface area contributed by atoms with Gasteiger partial charge in [0.15, 0.2) is 0 Å². The molecule has 4 rings (SSSR count). The molecule has 3 aromatic rings. The first-order chi connectivity index (χ1) is 17.1. The van der Waals surface area contributed by atoms with E-state index in [1.807, 2.05) is 30.3 Å². The summed E-state index contributed by atoms with van der Waals surface area (Å²) in [6.07, 6.45) is 0. The van der Waals surface area contributed by atoms with Crippen LogP contribution in [0.4, 0.5) is 13.2 Å². The van der Waals surface area contributed by atoms with Crippen molar-refractivity contribution >= 4 is 5.97 Å². The van der Waals surface area contributed by atoms with E-state index in [0.29, 0.717) is 29.8 Å². The van der Waals surface area contributed by atoms with Crippen LogP contribution in [-0.2, 0) is 4.74 Å². The second kappa shape index (κ2) is 10.2. The van der Waals surface area contributed by atoms with Crippen molar-refractivity contribution in [3.05, 3.63) is 106 Å². The number of hydrogen-bond acceptors (Lipinski definition) is 4. The highest BCUT2D eigenvalue weighted by Gasteiger charge is 2.45. The number of rotatable bonds is 7. The number of nitriles is 1. The lowest BCUT2D eigenvalue weighted by Crippen LogP contribution is -2.53. The van der Waals surface area contributed by atoms with Gasteiger partial charge in [0.2, 0.25) is 0 Å². The van der Waals surface area contributed by atoms with E-state index in [1.165, 1.54) is 33.1 Å². The van der Waals surface area contributed by atoms with E-state index in [9.17, 15) is 18.8 Å². The molecule has 1 fully saturated rings. The number of likely N-dealkylation sites (tertiary alicyclic amines) is 1. The number of hydrogen-bond donors (Lipinski definition) is 0. The molecule has 0 spiro atoms. The van der Waals surface area contributed by atoms with Crippen molar-refractivity contribution < 1.29 is 22.7 Å². The number of methoxy groups -OCH3 is 1. The first-order valence-electron chi connectivity index (χ1n) is 11.7. The van der Waals surface area contributed by atoms with E-state index in [0.717, 1.165) is 17.2 Å². The highest BCUT2D eigenvalue weighted by Crippen LogP contribution is 2.45. The lowest BCUT2D eigenvalue weighted by atomic mass is 9.72. The highest BCUT2D eigenvalue weighted by molar-refractivity contribution is 5.89. The predicted octanol–water partition coefficient (Wildman–Crippen LogP) is 6.18. The molecule has 7 heteroatoms. The molecule has 0 radical (unpaired) electrons. The van der Waals surface area contributed by atoms with E-state index in [1.54, 1.807) is 18.2 Å². The summed E-state index contributed by atoms with van der Waals surface area (Å²) in [7, 11) is 1.32. The van der Waals surface area contributed by atoms with Gasteiger partial charge in [-0.05, 0) is 72.9 Å². The topological polar surface area (TPSA) is 53.3 Å². The third-order valence-electron chi connectivity index (χ3n) is 6.74. The van der Waals surface area contributed by atoms with Gasteiger partial charge in [0.05, 0.1) is 30.3 Å². The van der Waals surface area contributed by atoms with Gasteiger partial charge >= 0.3 is 5.97 Å². The maximum absolute atomic E-state index is 15.4. The van der Waals surface area contributed by atoms with Gasteiger partial charge in [0.1, 0.15) is 17.3 Å². The average molecular weight is 493 g/mol. The fraction of sp³-hybridized carbons (Fsp3) is 0.310. The molecule has 0 saturated carbocycles. The number of alkyl halides is 1. The number of nitrogens with zero attached hydrogens (tertiary/aromatic N) is 2. The molecule has 4 nitrogen and oxygen atoms in total. The zero-order valence-electron chi connectivity index (χ0n) is 20.3. The molecule has 0 unspecified atom stereocenters. The van der Waals surface area contributed by atoms with E-state index in [2.05, 4.69) is 11.0 Å². The van der Waals surface area contributed by atoms with E-state index in [4.69, 9.17) is 4.74 Å². The molecule has 0 aliphatic carbocycles. The smallest absolute Gasteiger partial charge is 0.337 e. The number of carbonyl (C=O) groups is 1. The largest absolute Gasteiger partial charge is 0.465 e. The first-order valence-corrected chi connectivity index (χ1v) is 11.7. The van der Waals surface area contributed by atoms with Crippen LogP contribution in [-0.4, -0.2) is 36.7 Å². The minimum atomic E-state index is -1.70. The van der Waals surface area contributed by atoms with Gasteiger partial charge in [-0.15, -0.1) is 0 Å². The SMILES string of the molecule is COC(=O)c1ccc([C@@H](c2cccc(C#N)c2)N2CC([C@@H](c3cc(F)cc(F)c3)C(C)(C)F)C2)cc1. The molecule has 36 heavy (non-hydrogen) atoms. The standard InChI is InChI=1S/C29H27F3N2O2/c1-29(2,32)26(22-12-24(30)14-25(31)13-22)23-16-34(17-23)27(21-6-4-5-18(11-21)15-33)19-7-9-20(10-8-19)28(35)36-3/h4-14,23,26-27H,16-17H2,1-3H3/t26-,27+/m1/s1. The van der Waals surface area contributed by atoms with E-state index < -0.39 is 29.2 Å². The van der Waals surface area contributed by atoms with Gasteiger partial charge in [0.25, 0.3) is 0 Å². The third-order valence-corrected chi connectivity index (χ3v) is 6.74. The van der Waals surface area contributed by atoms with Crippen molar-refractivity contribution in [2.75, 3.05) is 20.2 Å². The fourth-order valence-corrected chi connectivity index (χ4v) is 5.27. The number of esters is 1. The Kier molecular flexibility index (Phi) is 7.18.